The second-order valence-electron chi connectivity index (χ2n) is 5.82. The average Bonchev–Trinajstić information content (AvgIpc) is 3.12. The van der Waals surface area contributed by atoms with Crippen molar-refractivity contribution in [3.05, 3.63) is 53.6 Å². The highest BCUT2D eigenvalue weighted by atomic mass is 35.5. The Morgan fingerprint density at radius 3 is 2.56 bits per heavy atom. The molecule has 1 aliphatic rings. The van der Waals surface area contributed by atoms with Crippen molar-refractivity contribution in [1.29, 1.82) is 0 Å². The quantitative estimate of drug-likeness (QED) is 0.711. The summed E-state index contributed by atoms with van der Waals surface area (Å²) in [5, 5.41) is 8.93. The number of aromatic nitrogens is 4. The minimum absolute atomic E-state index is 0.494. The molecule has 3 heterocycles. The molecule has 0 aliphatic carbocycles. The topological polar surface area (TPSA) is 71.2 Å². The van der Waals surface area contributed by atoms with Crippen LogP contribution in [0.2, 0.25) is 5.02 Å². The summed E-state index contributed by atoms with van der Waals surface area (Å²) in [5.41, 5.74) is 0.831. The molecule has 0 spiro atoms. The van der Waals surface area contributed by atoms with Crippen molar-refractivity contribution in [2.24, 2.45) is 0 Å². The normalized spacial score (nSPS) is 15.5. The van der Waals surface area contributed by atoms with Crippen LogP contribution in [0.1, 0.15) is 5.89 Å². The van der Waals surface area contributed by atoms with E-state index in [-0.39, 0.29) is 0 Å². The summed E-state index contributed by atoms with van der Waals surface area (Å²) in [6.07, 6.45) is 3.54. The van der Waals surface area contributed by atoms with E-state index in [0.717, 1.165) is 37.7 Å². The summed E-state index contributed by atoms with van der Waals surface area (Å²) < 4.78 is 5.78. The average molecular weight is 357 g/mol. The molecular weight excluding hydrogens is 340 g/mol. The zero-order valence-corrected chi connectivity index (χ0v) is 14.3. The third-order valence-corrected chi connectivity index (χ3v) is 4.34. The van der Waals surface area contributed by atoms with Crippen molar-refractivity contribution in [2.45, 2.75) is 6.54 Å². The molecule has 0 unspecified atom stereocenters. The van der Waals surface area contributed by atoms with Gasteiger partial charge in [0.25, 0.3) is 0 Å². The van der Waals surface area contributed by atoms with Gasteiger partial charge in [0.15, 0.2) is 0 Å². The zero-order chi connectivity index (χ0) is 17.1. The molecule has 1 aromatic carbocycles. The Morgan fingerprint density at radius 1 is 1.00 bits per heavy atom. The molecule has 0 bridgehead atoms. The molecule has 1 aliphatic heterocycles. The van der Waals surface area contributed by atoms with E-state index in [9.17, 15) is 0 Å². The van der Waals surface area contributed by atoms with Gasteiger partial charge >= 0.3 is 0 Å². The second-order valence-corrected chi connectivity index (χ2v) is 6.26. The van der Waals surface area contributed by atoms with Gasteiger partial charge in [0.1, 0.15) is 0 Å². The second kappa shape index (κ2) is 7.16. The van der Waals surface area contributed by atoms with Crippen molar-refractivity contribution in [3.63, 3.8) is 0 Å². The Balaban J connectivity index is 1.36. The van der Waals surface area contributed by atoms with Crippen LogP contribution in [0.5, 0.6) is 0 Å². The smallest absolute Gasteiger partial charge is 0.247 e. The zero-order valence-electron chi connectivity index (χ0n) is 13.5. The molecule has 25 heavy (non-hydrogen) atoms. The fourth-order valence-electron chi connectivity index (χ4n) is 2.81. The first kappa shape index (κ1) is 16.0. The number of anilines is 1. The molecule has 7 nitrogen and oxygen atoms in total. The first-order chi connectivity index (χ1) is 12.3. The lowest BCUT2D eigenvalue weighted by Crippen LogP contribution is -2.46. The molecular formula is C17H17ClN6O. The monoisotopic (exact) mass is 356 g/mol. The van der Waals surface area contributed by atoms with E-state index in [4.69, 9.17) is 16.0 Å². The number of rotatable bonds is 4. The Morgan fingerprint density at radius 2 is 1.80 bits per heavy atom. The van der Waals surface area contributed by atoms with E-state index < -0.39 is 0 Å². The van der Waals surface area contributed by atoms with E-state index in [0.29, 0.717) is 23.3 Å². The maximum atomic E-state index is 6.01. The van der Waals surface area contributed by atoms with Gasteiger partial charge < -0.3 is 9.32 Å². The number of nitrogens with zero attached hydrogens (tertiary/aromatic N) is 6. The minimum atomic E-state index is 0.494. The molecule has 8 heteroatoms. The van der Waals surface area contributed by atoms with E-state index in [1.807, 2.05) is 30.3 Å². The number of hydrogen-bond donors (Lipinski definition) is 0. The molecule has 0 amide bonds. The van der Waals surface area contributed by atoms with Gasteiger partial charge in [-0.2, -0.15) is 0 Å². The van der Waals surface area contributed by atoms with Crippen LogP contribution in [0.3, 0.4) is 0 Å². The summed E-state index contributed by atoms with van der Waals surface area (Å²) in [7, 11) is 0. The number of halogens is 1. The summed E-state index contributed by atoms with van der Waals surface area (Å²) >= 11 is 6.01. The number of hydrogen-bond acceptors (Lipinski definition) is 7. The number of piperazine rings is 1. The van der Waals surface area contributed by atoms with Crippen molar-refractivity contribution in [1.82, 2.24) is 25.1 Å². The van der Waals surface area contributed by atoms with Crippen LogP contribution >= 0.6 is 11.6 Å². The molecule has 0 atom stereocenters. The first-order valence-corrected chi connectivity index (χ1v) is 8.48. The third kappa shape index (κ3) is 3.78. The van der Waals surface area contributed by atoms with Crippen LogP contribution in [0.15, 0.2) is 47.1 Å². The van der Waals surface area contributed by atoms with Gasteiger partial charge in [-0.3, -0.25) is 4.90 Å². The molecule has 0 saturated carbocycles. The highest BCUT2D eigenvalue weighted by Crippen LogP contribution is 2.22. The summed E-state index contributed by atoms with van der Waals surface area (Å²) in [6.45, 7) is 4.18. The fraction of sp³-hybridized carbons (Fsp3) is 0.294. The van der Waals surface area contributed by atoms with E-state index in [1.54, 1.807) is 12.4 Å². The molecule has 1 saturated heterocycles. The molecule has 0 N–H and O–H groups in total. The highest BCUT2D eigenvalue weighted by molar-refractivity contribution is 6.30. The van der Waals surface area contributed by atoms with Gasteiger partial charge in [0.05, 0.1) is 6.54 Å². The van der Waals surface area contributed by atoms with Crippen LogP contribution < -0.4 is 4.90 Å². The fourth-order valence-corrected chi connectivity index (χ4v) is 3.00. The van der Waals surface area contributed by atoms with Gasteiger partial charge in [-0.05, 0) is 24.3 Å². The van der Waals surface area contributed by atoms with Crippen LogP contribution in [-0.4, -0.2) is 51.2 Å². The standard InChI is InChI=1S/C17H17ClN6O/c18-14-4-1-3-13(11-14)16-22-21-15(25-16)12-23-7-9-24(10-8-23)17-19-5-2-6-20-17/h1-6,11H,7-10,12H2. The van der Waals surface area contributed by atoms with Crippen molar-refractivity contribution < 1.29 is 4.42 Å². The van der Waals surface area contributed by atoms with Gasteiger partial charge in [-0.25, -0.2) is 9.97 Å². The van der Waals surface area contributed by atoms with Crippen molar-refractivity contribution >= 4 is 17.5 Å². The van der Waals surface area contributed by atoms with Gasteiger partial charge in [-0.15, -0.1) is 10.2 Å². The molecule has 1 fully saturated rings. The molecule has 3 aromatic rings. The summed E-state index contributed by atoms with van der Waals surface area (Å²) in [4.78, 5) is 13.1. The number of benzene rings is 1. The molecule has 0 radical (unpaired) electrons. The predicted octanol–water partition coefficient (Wildman–Crippen LogP) is 2.50. The molecule has 2 aromatic heterocycles. The third-order valence-electron chi connectivity index (χ3n) is 4.10. The first-order valence-electron chi connectivity index (χ1n) is 8.10. The highest BCUT2D eigenvalue weighted by Gasteiger charge is 2.20. The Hall–Kier alpha value is -2.51. The van der Waals surface area contributed by atoms with Crippen molar-refractivity contribution in [2.75, 3.05) is 31.1 Å². The Bertz CT molecular complexity index is 832. The SMILES string of the molecule is Clc1cccc(-c2nnc(CN3CCN(c4ncccn4)CC3)o2)c1. The van der Waals surface area contributed by atoms with E-state index in [2.05, 4.69) is 30.0 Å². The van der Waals surface area contributed by atoms with Gasteiger partial charge in [0, 0.05) is 49.2 Å². The minimum Gasteiger partial charge on any atom is -0.419 e. The lowest BCUT2D eigenvalue weighted by atomic mass is 10.2. The van der Waals surface area contributed by atoms with Crippen LogP contribution in [0.25, 0.3) is 11.5 Å². The van der Waals surface area contributed by atoms with E-state index in [1.165, 1.54) is 0 Å². The Labute approximate surface area is 150 Å². The van der Waals surface area contributed by atoms with Crippen LogP contribution in [0.4, 0.5) is 5.95 Å². The Kier molecular flexibility index (Phi) is 4.58. The maximum Gasteiger partial charge on any atom is 0.247 e. The van der Waals surface area contributed by atoms with Gasteiger partial charge in [-0.1, -0.05) is 17.7 Å². The van der Waals surface area contributed by atoms with E-state index >= 15 is 0 Å². The molecule has 128 valence electrons. The van der Waals surface area contributed by atoms with Gasteiger partial charge in [0.2, 0.25) is 17.7 Å². The van der Waals surface area contributed by atoms with Crippen molar-refractivity contribution in [3.8, 4) is 11.5 Å². The molecule has 4 rings (SSSR count). The predicted molar refractivity (Wildman–Crippen MR) is 94.3 cm³/mol. The lowest BCUT2D eigenvalue weighted by molar-refractivity contribution is 0.226. The van der Waals surface area contributed by atoms with Crippen LogP contribution in [-0.2, 0) is 6.54 Å². The summed E-state index contributed by atoms with van der Waals surface area (Å²) in [6, 6.07) is 9.23. The largest absolute Gasteiger partial charge is 0.419 e. The lowest BCUT2D eigenvalue weighted by Gasteiger charge is -2.33. The maximum absolute atomic E-state index is 6.01. The summed E-state index contributed by atoms with van der Waals surface area (Å²) in [5.74, 6) is 1.89. The van der Waals surface area contributed by atoms with Crippen LogP contribution in [0, 0.1) is 0 Å².